The number of benzene rings is 1. The second-order valence-electron chi connectivity index (χ2n) is 9.20. The van der Waals surface area contributed by atoms with Crippen LogP contribution in [0.4, 0.5) is 0 Å². The van der Waals surface area contributed by atoms with Gasteiger partial charge in [0.05, 0.1) is 18.8 Å². The molecule has 6 rings (SSSR count). The number of carbonyl (C=O) groups is 1. The summed E-state index contributed by atoms with van der Waals surface area (Å²) in [5.74, 6) is 2.60. The zero-order chi connectivity index (χ0) is 19.8. The molecule has 1 aromatic heterocycles. The molecule has 4 heterocycles. The number of amides is 1. The molecule has 3 fully saturated rings. The Balaban J connectivity index is 1.22. The van der Waals surface area contributed by atoms with E-state index >= 15 is 0 Å². The van der Waals surface area contributed by atoms with E-state index in [1.165, 1.54) is 5.56 Å². The lowest BCUT2D eigenvalue weighted by atomic mass is 9.57. The monoisotopic (exact) mass is 413 g/mol. The summed E-state index contributed by atoms with van der Waals surface area (Å²) < 4.78 is 7.59. The minimum atomic E-state index is -0.184. The third-order valence-electron chi connectivity index (χ3n) is 6.95. The third kappa shape index (κ3) is 2.75. The van der Waals surface area contributed by atoms with E-state index in [-0.39, 0.29) is 17.4 Å². The largest absolute Gasteiger partial charge is 0.368 e. The molecule has 0 bridgehead atoms. The quantitative estimate of drug-likeness (QED) is 0.756. The highest BCUT2D eigenvalue weighted by Gasteiger charge is 2.56. The molecule has 8 heteroatoms. The average molecular weight is 414 g/mol. The summed E-state index contributed by atoms with van der Waals surface area (Å²) in [5.41, 5.74) is 2.61. The number of halogens is 1. The van der Waals surface area contributed by atoms with Gasteiger partial charge in [0.15, 0.2) is 5.82 Å². The van der Waals surface area contributed by atoms with Crippen LogP contribution in [0.5, 0.6) is 0 Å². The van der Waals surface area contributed by atoms with Gasteiger partial charge in [0, 0.05) is 42.4 Å². The Morgan fingerprint density at radius 1 is 1.24 bits per heavy atom. The summed E-state index contributed by atoms with van der Waals surface area (Å²) in [4.78, 5) is 16.5. The summed E-state index contributed by atoms with van der Waals surface area (Å²) in [5, 5.41) is 9.88. The van der Waals surface area contributed by atoms with Crippen molar-refractivity contribution in [3.8, 4) is 5.69 Å². The second-order valence-corrected chi connectivity index (χ2v) is 9.64. The van der Waals surface area contributed by atoms with Crippen LogP contribution in [0.1, 0.15) is 42.4 Å². The Morgan fingerprint density at radius 3 is 2.76 bits per heavy atom. The number of hydrogen-bond donors (Lipinski definition) is 0. The van der Waals surface area contributed by atoms with Crippen LogP contribution in [0, 0.1) is 5.41 Å². The highest BCUT2D eigenvalue weighted by atomic mass is 35.5. The summed E-state index contributed by atoms with van der Waals surface area (Å²) in [6.45, 7) is 4.04. The van der Waals surface area contributed by atoms with Crippen molar-refractivity contribution in [3.63, 3.8) is 0 Å². The molecule has 1 saturated carbocycles. The molecule has 2 saturated heterocycles. The van der Waals surface area contributed by atoms with Crippen LogP contribution in [0.15, 0.2) is 18.2 Å². The standard InChI is InChI=1S/C21H24ClN5O2/c1-25-9-13-6-15(22)2-3-16(13)27-18(10-25)23-24-19(27)14-7-21(8-14)11-26(12-21)20(28)17-4-5-29-17/h2-3,6,14,17H,4-5,7-12H2,1H3. The van der Waals surface area contributed by atoms with Crippen molar-refractivity contribution >= 4 is 17.5 Å². The Hall–Kier alpha value is -1.96. The van der Waals surface area contributed by atoms with Crippen LogP contribution in [0.25, 0.3) is 5.69 Å². The Bertz CT molecular complexity index is 987. The first-order chi connectivity index (χ1) is 14.0. The number of likely N-dealkylation sites (tertiary alicyclic amines) is 1. The molecule has 3 aliphatic heterocycles. The maximum Gasteiger partial charge on any atom is 0.251 e. The van der Waals surface area contributed by atoms with Gasteiger partial charge in [0.1, 0.15) is 11.9 Å². The van der Waals surface area contributed by atoms with Crippen molar-refractivity contribution in [2.24, 2.45) is 5.41 Å². The average Bonchev–Trinajstić information content (AvgIpc) is 2.88. The normalized spacial score (nSPS) is 25.4. The fourth-order valence-electron chi connectivity index (χ4n) is 5.43. The fourth-order valence-corrected chi connectivity index (χ4v) is 5.62. The molecule has 152 valence electrons. The molecule has 1 aliphatic carbocycles. The predicted octanol–water partition coefficient (Wildman–Crippen LogP) is 2.36. The van der Waals surface area contributed by atoms with E-state index in [1.807, 2.05) is 17.0 Å². The highest BCUT2D eigenvalue weighted by molar-refractivity contribution is 6.30. The van der Waals surface area contributed by atoms with Gasteiger partial charge < -0.3 is 9.64 Å². The minimum absolute atomic E-state index is 0.176. The zero-order valence-corrected chi connectivity index (χ0v) is 17.2. The van der Waals surface area contributed by atoms with Gasteiger partial charge in [-0.05, 0) is 43.7 Å². The molecular weight excluding hydrogens is 390 g/mol. The number of carbonyl (C=O) groups excluding carboxylic acids is 1. The first-order valence-electron chi connectivity index (χ1n) is 10.3. The third-order valence-corrected chi connectivity index (χ3v) is 7.19. The van der Waals surface area contributed by atoms with Crippen molar-refractivity contribution in [3.05, 3.63) is 40.4 Å². The van der Waals surface area contributed by atoms with E-state index in [0.717, 1.165) is 74.4 Å². The number of hydrogen-bond acceptors (Lipinski definition) is 5. The van der Waals surface area contributed by atoms with E-state index in [9.17, 15) is 4.79 Å². The first-order valence-corrected chi connectivity index (χ1v) is 10.7. The van der Waals surface area contributed by atoms with Gasteiger partial charge in [-0.1, -0.05) is 11.6 Å². The lowest BCUT2D eigenvalue weighted by Gasteiger charge is -2.59. The molecule has 0 N–H and O–H groups in total. The van der Waals surface area contributed by atoms with Gasteiger partial charge in [0.25, 0.3) is 5.91 Å². The van der Waals surface area contributed by atoms with Crippen molar-refractivity contribution in [1.29, 1.82) is 0 Å². The van der Waals surface area contributed by atoms with Gasteiger partial charge in [-0.15, -0.1) is 10.2 Å². The van der Waals surface area contributed by atoms with Crippen LogP contribution in [-0.2, 0) is 22.6 Å². The smallest absolute Gasteiger partial charge is 0.251 e. The van der Waals surface area contributed by atoms with Crippen molar-refractivity contribution in [2.45, 2.75) is 44.4 Å². The van der Waals surface area contributed by atoms with E-state index in [2.05, 4.69) is 32.8 Å². The molecule has 7 nitrogen and oxygen atoms in total. The molecule has 4 aliphatic rings. The maximum atomic E-state index is 12.3. The number of ether oxygens (including phenoxy) is 1. The van der Waals surface area contributed by atoms with Crippen molar-refractivity contribution in [2.75, 3.05) is 26.7 Å². The zero-order valence-electron chi connectivity index (χ0n) is 16.5. The van der Waals surface area contributed by atoms with Crippen LogP contribution < -0.4 is 0 Å². The van der Waals surface area contributed by atoms with E-state index in [0.29, 0.717) is 5.92 Å². The predicted molar refractivity (Wildman–Crippen MR) is 107 cm³/mol. The lowest BCUT2D eigenvalue weighted by Crippen LogP contribution is -2.65. The van der Waals surface area contributed by atoms with Crippen LogP contribution in [0.2, 0.25) is 5.02 Å². The molecule has 1 atom stereocenters. The van der Waals surface area contributed by atoms with E-state index in [1.54, 1.807) is 0 Å². The summed E-state index contributed by atoms with van der Waals surface area (Å²) in [6, 6.07) is 6.08. The van der Waals surface area contributed by atoms with Crippen LogP contribution in [-0.4, -0.2) is 63.3 Å². The van der Waals surface area contributed by atoms with E-state index in [4.69, 9.17) is 16.3 Å². The SMILES string of the molecule is CN1Cc2cc(Cl)ccc2-n2c(nnc2C2CC3(C2)CN(C(=O)C2CCO2)C3)C1. The van der Waals surface area contributed by atoms with Gasteiger partial charge in [-0.25, -0.2) is 0 Å². The van der Waals surface area contributed by atoms with Gasteiger partial charge in [0.2, 0.25) is 0 Å². The molecule has 1 spiro atoms. The van der Waals surface area contributed by atoms with Crippen LogP contribution in [0.3, 0.4) is 0 Å². The second kappa shape index (κ2) is 6.27. The summed E-state index contributed by atoms with van der Waals surface area (Å²) in [7, 11) is 2.10. The Kier molecular flexibility index (Phi) is 3.86. The molecule has 2 aromatic rings. The van der Waals surface area contributed by atoms with Crippen LogP contribution >= 0.6 is 11.6 Å². The number of rotatable bonds is 2. The Morgan fingerprint density at radius 2 is 2.03 bits per heavy atom. The summed E-state index contributed by atoms with van der Waals surface area (Å²) >= 11 is 6.26. The first kappa shape index (κ1) is 17.9. The van der Waals surface area contributed by atoms with Crippen molar-refractivity contribution in [1.82, 2.24) is 24.6 Å². The molecule has 29 heavy (non-hydrogen) atoms. The molecule has 1 aromatic carbocycles. The fraction of sp³-hybridized carbons (Fsp3) is 0.571. The maximum absolute atomic E-state index is 12.3. The van der Waals surface area contributed by atoms with Gasteiger partial charge in [-0.3, -0.25) is 14.3 Å². The lowest BCUT2D eigenvalue weighted by molar-refractivity contribution is -0.174. The topological polar surface area (TPSA) is 63.5 Å². The number of fused-ring (bicyclic) bond motifs is 3. The molecular formula is C21H24ClN5O2. The minimum Gasteiger partial charge on any atom is -0.368 e. The molecule has 0 radical (unpaired) electrons. The highest BCUT2D eigenvalue weighted by Crippen LogP contribution is 2.56. The summed E-state index contributed by atoms with van der Waals surface area (Å²) in [6.07, 6.45) is 2.82. The van der Waals surface area contributed by atoms with Crippen molar-refractivity contribution < 1.29 is 9.53 Å². The number of nitrogens with zero attached hydrogens (tertiary/aromatic N) is 5. The molecule has 1 unspecified atom stereocenters. The van der Waals surface area contributed by atoms with E-state index < -0.39 is 0 Å². The number of aromatic nitrogens is 3. The molecule has 1 amide bonds. The van der Waals surface area contributed by atoms with Gasteiger partial charge in [-0.2, -0.15) is 0 Å². The van der Waals surface area contributed by atoms with Gasteiger partial charge >= 0.3 is 0 Å². The Labute approximate surface area is 174 Å².